The monoisotopic (exact) mass is 189 g/mol. The van der Waals surface area contributed by atoms with Gasteiger partial charge >= 0.3 is 5.97 Å². The third-order valence-electron chi connectivity index (χ3n) is 1.92. The Kier molecular flexibility index (Phi) is 3.69. The number of benzene rings is 1. The maximum Gasteiger partial charge on any atom is 0.338 e. The molecule has 0 aliphatic heterocycles. The molecule has 0 spiro atoms. The molecule has 1 aromatic carbocycles. The van der Waals surface area contributed by atoms with E-state index in [1.807, 2.05) is 12.1 Å². The fourth-order valence-corrected chi connectivity index (χ4v) is 1.22. The van der Waals surface area contributed by atoms with Crippen molar-refractivity contribution in [3.8, 4) is 0 Å². The summed E-state index contributed by atoms with van der Waals surface area (Å²) in [5.41, 5.74) is 1.43. The number of hydrogen-bond acceptors (Lipinski definition) is 2. The first-order chi connectivity index (χ1) is 6.79. The summed E-state index contributed by atoms with van der Waals surface area (Å²) in [6.45, 7) is 7.08. The standard InChI is InChI=1S/C11H11NO2/c1-12-8-7-9-5-3-4-6-10(9)11(13)14-2/h3-6H,7-8H2,2H3. The Bertz CT molecular complexity index is 366. The van der Waals surface area contributed by atoms with Gasteiger partial charge in [-0.15, -0.1) is 0 Å². The lowest BCUT2D eigenvalue weighted by atomic mass is 10.1. The van der Waals surface area contributed by atoms with Crippen molar-refractivity contribution in [3.63, 3.8) is 0 Å². The van der Waals surface area contributed by atoms with Gasteiger partial charge in [0.05, 0.1) is 12.7 Å². The minimum Gasteiger partial charge on any atom is -0.465 e. The minimum atomic E-state index is -0.342. The van der Waals surface area contributed by atoms with Crippen LogP contribution in [0.4, 0.5) is 0 Å². The fraction of sp³-hybridized carbons (Fsp3) is 0.273. The number of hydrogen-bond donors (Lipinski definition) is 0. The summed E-state index contributed by atoms with van der Waals surface area (Å²) >= 11 is 0. The van der Waals surface area contributed by atoms with E-state index in [1.165, 1.54) is 7.11 Å². The highest BCUT2D eigenvalue weighted by molar-refractivity contribution is 5.90. The van der Waals surface area contributed by atoms with Crippen LogP contribution in [0, 0.1) is 6.57 Å². The van der Waals surface area contributed by atoms with Crippen LogP contribution in [0.15, 0.2) is 24.3 Å². The molecule has 0 heterocycles. The van der Waals surface area contributed by atoms with Crippen LogP contribution in [0.2, 0.25) is 0 Å². The summed E-state index contributed by atoms with van der Waals surface area (Å²) in [4.78, 5) is 14.6. The lowest BCUT2D eigenvalue weighted by molar-refractivity contribution is 0.0599. The number of methoxy groups -OCH3 is 1. The zero-order valence-electron chi connectivity index (χ0n) is 7.99. The molecule has 0 bridgehead atoms. The number of esters is 1. The van der Waals surface area contributed by atoms with Crippen LogP contribution in [-0.4, -0.2) is 19.6 Å². The van der Waals surface area contributed by atoms with E-state index in [0.29, 0.717) is 18.5 Å². The van der Waals surface area contributed by atoms with Crippen molar-refractivity contribution in [1.82, 2.24) is 0 Å². The Morgan fingerprint density at radius 3 is 2.86 bits per heavy atom. The Balaban J connectivity index is 2.92. The van der Waals surface area contributed by atoms with E-state index in [4.69, 9.17) is 6.57 Å². The van der Waals surface area contributed by atoms with Crippen LogP contribution in [0.3, 0.4) is 0 Å². The molecular weight excluding hydrogens is 178 g/mol. The van der Waals surface area contributed by atoms with Gasteiger partial charge in [-0.1, -0.05) is 18.2 Å². The van der Waals surface area contributed by atoms with Crippen molar-refractivity contribution in [2.45, 2.75) is 6.42 Å². The average molecular weight is 189 g/mol. The fourth-order valence-electron chi connectivity index (χ4n) is 1.22. The molecule has 0 saturated carbocycles. The second kappa shape index (κ2) is 5.03. The van der Waals surface area contributed by atoms with Gasteiger partial charge in [-0.3, -0.25) is 0 Å². The predicted molar refractivity (Wildman–Crippen MR) is 53.0 cm³/mol. The van der Waals surface area contributed by atoms with Crippen molar-refractivity contribution in [3.05, 3.63) is 46.8 Å². The number of carbonyl (C=O) groups excluding carboxylic acids is 1. The van der Waals surface area contributed by atoms with Crippen molar-refractivity contribution in [2.75, 3.05) is 13.7 Å². The molecule has 0 aromatic heterocycles. The van der Waals surface area contributed by atoms with Crippen LogP contribution in [0.1, 0.15) is 15.9 Å². The van der Waals surface area contributed by atoms with Gasteiger partial charge in [0.2, 0.25) is 6.54 Å². The van der Waals surface area contributed by atoms with Gasteiger partial charge in [0, 0.05) is 6.42 Å². The Labute approximate surface area is 83.1 Å². The number of carbonyl (C=O) groups is 1. The van der Waals surface area contributed by atoms with Gasteiger partial charge in [0.1, 0.15) is 0 Å². The molecule has 3 heteroatoms. The molecule has 72 valence electrons. The third kappa shape index (κ3) is 2.33. The van der Waals surface area contributed by atoms with Crippen molar-refractivity contribution >= 4 is 5.97 Å². The van der Waals surface area contributed by atoms with E-state index in [2.05, 4.69) is 9.58 Å². The second-order valence-electron chi connectivity index (χ2n) is 2.78. The number of ether oxygens (including phenoxy) is 1. The van der Waals surface area contributed by atoms with Crippen molar-refractivity contribution in [1.29, 1.82) is 0 Å². The van der Waals surface area contributed by atoms with Crippen molar-refractivity contribution < 1.29 is 9.53 Å². The van der Waals surface area contributed by atoms with Crippen LogP contribution in [0.5, 0.6) is 0 Å². The van der Waals surface area contributed by atoms with Crippen LogP contribution in [0.25, 0.3) is 4.85 Å². The maximum absolute atomic E-state index is 11.3. The molecule has 0 aliphatic rings. The Hall–Kier alpha value is -1.82. The molecule has 0 aliphatic carbocycles. The molecule has 14 heavy (non-hydrogen) atoms. The molecular formula is C11H11NO2. The molecule has 3 nitrogen and oxygen atoms in total. The van der Waals surface area contributed by atoms with E-state index in [0.717, 1.165) is 5.56 Å². The first-order valence-corrected chi connectivity index (χ1v) is 4.29. The smallest absolute Gasteiger partial charge is 0.338 e. The van der Waals surface area contributed by atoms with Crippen molar-refractivity contribution in [2.24, 2.45) is 0 Å². The zero-order valence-corrected chi connectivity index (χ0v) is 7.99. The van der Waals surface area contributed by atoms with Crippen LogP contribution in [-0.2, 0) is 11.2 Å². The first-order valence-electron chi connectivity index (χ1n) is 4.29. The summed E-state index contributed by atoms with van der Waals surface area (Å²) in [6.07, 6.45) is 0.592. The average Bonchev–Trinajstić information content (AvgIpc) is 2.25. The maximum atomic E-state index is 11.3. The second-order valence-corrected chi connectivity index (χ2v) is 2.78. The highest BCUT2D eigenvalue weighted by Gasteiger charge is 2.10. The summed E-state index contributed by atoms with van der Waals surface area (Å²) in [6, 6.07) is 7.20. The quantitative estimate of drug-likeness (QED) is 0.537. The SMILES string of the molecule is [C-]#[N+]CCc1ccccc1C(=O)OC. The Morgan fingerprint density at radius 1 is 1.50 bits per heavy atom. The molecule has 0 amide bonds. The largest absolute Gasteiger partial charge is 0.465 e. The van der Waals surface area contributed by atoms with E-state index in [1.54, 1.807) is 12.1 Å². The van der Waals surface area contributed by atoms with E-state index in [-0.39, 0.29) is 5.97 Å². The molecule has 0 atom stereocenters. The Morgan fingerprint density at radius 2 is 2.21 bits per heavy atom. The van der Waals surface area contributed by atoms with Crippen LogP contribution < -0.4 is 0 Å². The van der Waals surface area contributed by atoms with Crippen LogP contribution >= 0.6 is 0 Å². The van der Waals surface area contributed by atoms with E-state index >= 15 is 0 Å². The lowest BCUT2D eigenvalue weighted by Gasteiger charge is -2.04. The minimum absolute atomic E-state index is 0.342. The summed E-state index contributed by atoms with van der Waals surface area (Å²) in [5, 5.41) is 0. The number of rotatable bonds is 3. The highest BCUT2D eigenvalue weighted by Crippen LogP contribution is 2.10. The van der Waals surface area contributed by atoms with E-state index in [9.17, 15) is 4.79 Å². The molecule has 0 N–H and O–H groups in total. The highest BCUT2D eigenvalue weighted by atomic mass is 16.5. The normalized spacial score (nSPS) is 9.14. The molecule has 0 unspecified atom stereocenters. The molecule has 1 aromatic rings. The number of nitrogens with zero attached hydrogens (tertiary/aromatic N) is 1. The molecule has 0 radical (unpaired) electrons. The zero-order chi connectivity index (χ0) is 10.4. The summed E-state index contributed by atoms with van der Waals surface area (Å²) in [7, 11) is 1.36. The predicted octanol–water partition coefficient (Wildman–Crippen LogP) is 1.93. The van der Waals surface area contributed by atoms with Gasteiger partial charge in [-0.05, 0) is 11.6 Å². The van der Waals surface area contributed by atoms with Gasteiger partial charge in [-0.2, -0.15) is 0 Å². The summed E-state index contributed by atoms with van der Waals surface area (Å²) in [5.74, 6) is -0.342. The van der Waals surface area contributed by atoms with Gasteiger partial charge in [-0.25, -0.2) is 11.4 Å². The molecule has 0 fully saturated rings. The topological polar surface area (TPSA) is 30.7 Å². The third-order valence-corrected chi connectivity index (χ3v) is 1.92. The first kappa shape index (κ1) is 10.3. The van der Waals surface area contributed by atoms with Gasteiger partial charge in [0.25, 0.3) is 0 Å². The molecule has 1 rings (SSSR count). The lowest BCUT2D eigenvalue weighted by Crippen LogP contribution is -2.06. The summed E-state index contributed by atoms with van der Waals surface area (Å²) < 4.78 is 4.64. The van der Waals surface area contributed by atoms with Gasteiger partial charge in [0.15, 0.2) is 0 Å². The van der Waals surface area contributed by atoms with Gasteiger partial charge < -0.3 is 9.58 Å². The molecule has 0 saturated heterocycles. The van der Waals surface area contributed by atoms with E-state index < -0.39 is 0 Å².